The Kier molecular flexibility index (Phi) is 7.85. The van der Waals surface area contributed by atoms with Gasteiger partial charge in [-0.25, -0.2) is 0 Å². The Balaban J connectivity index is 1.12. The molecule has 10 aromatic carbocycles. The van der Waals surface area contributed by atoms with Gasteiger partial charge < -0.3 is 4.90 Å². The molecule has 0 N–H and O–H groups in total. The van der Waals surface area contributed by atoms with E-state index in [0.717, 1.165) is 17.1 Å². The number of hydrogen-bond acceptors (Lipinski definition) is 1. The second-order valence-electron chi connectivity index (χ2n) is 18.3. The molecule has 1 nitrogen and oxygen atoms in total. The maximum Gasteiger partial charge on any atom is 0.0720 e. The highest BCUT2D eigenvalue weighted by atomic mass is 15.1. The zero-order chi connectivity index (χ0) is 42.6. The molecule has 1 heteroatoms. The Hall–Kier alpha value is -7.74. The quantitative estimate of drug-likeness (QED) is 0.162. The summed E-state index contributed by atoms with van der Waals surface area (Å²) in [5.41, 5.74) is 20.5. The average Bonchev–Trinajstić information content (AvgIpc) is 3.79. The van der Waals surface area contributed by atoms with Gasteiger partial charge in [-0.2, -0.15) is 0 Å². The second-order valence-corrected chi connectivity index (χ2v) is 18.3. The van der Waals surface area contributed by atoms with Gasteiger partial charge in [0.05, 0.1) is 16.5 Å². The van der Waals surface area contributed by atoms with E-state index in [-0.39, 0.29) is 5.41 Å². The zero-order valence-corrected chi connectivity index (χ0v) is 36.0. The molecule has 0 fully saturated rings. The van der Waals surface area contributed by atoms with Crippen LogP contribution in [0.4, 0.5) is 17.1 Å². The van der Waals surface area contributed by atoms with Crippen molar-refractivity contribution < 1.29 is 0 Å². The van der Waals surface area contributed by atoms with E-state index in [1.807, 2.05) is 0 Å². The lowest BCUT2D eigenvalue weighted by Crippen LogP contribution is -2.44. The van der Waals surface area contributed by atoms with Crippen LogP contribution in [0.5, 0.6) is 0 Å². The van der Waals surface area contributed by atoms with Crippen molar-refractivity contribution in [1.82, 2.24) is 0 Å². The molecule has 0 amide bonds. The first-order chi connectivity index (χ1) is 31.5. The van der Waals surface area contributed by atoms with Gasteiger partial charge in [-0.05, 0) is 114 Å². The fraction of sp³-hybridized carbons (Fsp3) is 0.0794. The molecule has 0 bridgehead atoms. The molecule has 0 aliphatic heterocycles. The van der Waals surface area contributed by atoms with Crippen molar-refractivity contribution in [3.8, 4) is 22.3 Å². The van der Waals surface area contributed by atoms with E-state index < -0.39 is 10.8 Å². The minimum atomic E-state index is -0.661. The molecular weight excluding hydrogens is 771 g/mol. The lowest BCUT2D eigenvalue weighted by atomic mass is 9.51. The summed E-state index contributed by atoms with van der Waals surface area (Å²) >= 11 is 0. The van der Waals surface area contributed by atoms with Crippen LogP contribution in [0.15, 0.2) is 237 Å². The monoisotopic (exact) mass is 815 g/mol. The van der Waals surface area contributed by atoms with Crippen molar-refractivity contribution in [3.63, 3.8) is 0 Å². The fourth-order valence-electron chi connectivity index (χ4n) is 12.4. The van der Waals surface area contributed by atoms with Crippen LogP contribution in [0.3, 0.4) is 0 Å². The van der Waals surface area contributed by atoms with E-state index in [2.05, 4.69) is 255 Å². The predicted octanol–water partition coefficient (Wildman–Crippen LogP) is 15.7. The van der Waals surface area contributed by atoms with Gasteiger partial charge in [-0.15, -0.1) is 0 Å². The minimum Gasteiger partial charge on any atom is -0.310 e. The number of nitrogens with zero attached hydrogens (tertiary/aromatic N) is 1. The van der Waals surface area contributed by atoms with E-state index in [1.165, 1.54) is 88.7 Å². The van der Waals surface area contributed by atoms with E-state index >= 15 is 0 Å². The Labute approximate surface area is 375 Å². The number of benzene rings is 10. The molecule has 0 saturated carbocycles. The van der Waals surface area contributed by atoms with E-state index in [1.54, 1.807) is 0 Å². The van der Waals surface area contributed by atoms with Crippen molar-refractivity contribution in [2.45, 2.75) is 30.1 Å². The summed E-state index contributed by atoms with van der Waals surface area (Å²) in [6, 6.07) is 89.2. The van der Waals surface area contributed by atoms with Crippen molar-refractivity contribution >= 4 is 27.8 Å². The first-order valence-corrected chi connectivity index (χ1v) is 22.6. The molecule has 2 atom stereocenters. The Morgan fingerprint density at radius 1 is 0.312 bits per heavy atom. The van der Waals surface area contributed by atoms with E-state index in [4.69, 9.17) is 0 Å². The molecule has 0 aromatic heterocycles. The van der Waals surface area contributed by atoms with Gasteiger partial charge in [0.15, 0.2) is 0 Å². The molecule has 3 aliphatic carbocycles. The third-order valence-corrected chi connectivity index (χ3v) is 15.0. The summed E-state index contributed by atoms with van der Waals surface area (Å²) in [6.07, 6.45) is 0. The van der Waals surface area contributed by atoms with Gasteiger partial charge >= 0.3 is 0 Å². The van der Waals surface area contributed by atoms with Gasteiger partial charge in [0.1, 0.15) is 0 Å². The third-order valence-electron chi connectivity index (χ3n) is 15.0. The number of fused-ring (bicyclic) bond motifs is 9. The minimum absolute atomic E-state index is 0.145. The van der Waals surface area contributed by atoms with Gasteiger partial charge in [0, 0.05) is 22.2 Å². The van der Waals surface area contributed by atoms with Crippen LogP contribution >= 0.6 is 0 Å². The first-order valence-electron chi connectivity index (χ1n) is 22.6. The molecule has 10 aromatic rings. The summed E-state index contributed by atoms with van der Waals surface area (Å²) in [6.45, 7) is 4.75. The van der Waals surface area contributed by atoms with Crippen LogP contribution in [0.25, 0.3) is 33.0 Å². The van der Waals surface area contributed by atoms with Crippen molar-refractivity contribution in [2.24, 2.45) is 0 Å². The van der Waals surface area contributed by atoms with Gasteiger partial charge in [0.25, 0.3) is 0 Å². The Bertz CT molecular complexity index is 3480. The number of rotatable bonds is 6. The van der Waals surface area contributed by atoms with Gasteiger partial charge in [-0.1, -0.05) is 220 Å². The Morgan fingerprint density at radius 2 is 0.812 bits per heavy atom. The van der Waals surface area contributed by atoms with Crippen molar-refractivity contribution in [1.29, 1.82) is 0 Å². The average molecular weight is 816 g/mol. The summed E-state index contributed by atoms with van der Waals surface area (Å²) < 4.78 is 0. The predicted molar refractivity (Wildman–Crippen MR) is 265 cm³/mol. The van der Waals surface area contributed by atoms with E-state index in [9.17, 15) is 0 Å². The largest absolute Gasteiger partial charge is 0.310 e. The van der Waals surface area contributed by atoms with Crippen LogP contribution in [-0.4, -0.2) is 0 Å². The maximum atomic E-state index is 2.51. The number of hydrogen-bond donors (Lipinski definition) is 0. The molecule has 0 radical (unpaired) electrons. The smallest absolute Gasteiger partial charge is 0.0720 e. The number of anilines is 3. The van der Waals surface area contributed by atoms with Crippen LogP contribution in [0.1, 0.15) is 69.5 Å². The SMILES string of the molecule is CC1(C)c2ccccc2-c2ccc(N(c3cccc(C4(c5ccccc5)c5ccccc5C5(c6ccccc6)c6ccccc6-c6cccc4c65)c3)c3cccc4ccccc34)cc21. The molecule has 64 heavy (non-hydrogen) atoms. The summed E-state index contributed by atoms with van der Waals surface area (Å²) in [4.78, 5) is 2.51. The molecule has 13 rings (SSSR count). The molecule has 0 heterocycles. The first kappa shape index (κ1) is 36.9. The fourth-order valence-corrected chi connectivity index (χ4v) is 12.4. The lowest BCUT2D eigenvalue weighted by molar-refractivity contribution is 0.627. The molecular formula is C63H45N. The van der Waals surface area contributed by atoms with Crippen molar-refractivity contribution in [2.75, 3.05) is 4.90 Å². The van der Waals surface area contributed by atoms with E-state index in [0.29, 0.717) is 0 Å². The summed E-state index contributed by atoms with van der Waals surface area (Å²) in [7, 11) is 0. The molecule has 0 spiro atoms. The lowest BCUT2D eigenvalue weighted by Gasteiger charge is -2.49. The summed E-state index contributed by atoms with van der Waals surface area (Å²) in [5.74, 6) is 0. The zero-order valence-electron chi connectivity index (χ0n) is 36.0. The van der Waals surface area contributed by atoms with Gasteiger partial charge in [-0.3, -0.25) is 0 Å². The second kappa shape index (κ2) is 13.6. The van der Waals surface area contributed by atoms with Gasteiger partial charge in [0.2, 0.25) is 0 Å². The standard InChI is InChI=1S/C63H45N/c1-61(2)53-32-13-11-29-49(53)51-39-38-47(41-58(51)61)64(59-37-17-21-42-20-9-10-28-48(42)59)46-27-18-26-45(40-46)62(43-22-5-3-6-23-43)55-34-15-16-35-56(55)63(44-24-7-4-8-25-44)54-33-14-12-30-50(54)52-31-19-36-57(62)60(52)63/h3-41H,1-2H3. The highest BCUT2D eigenvalue weighted by molar-refractivity contribution is 6.00. The van der Waals surface area contributed by atoms with Crippen LogP contribution < -0.4 is 4.90 Å². The topological polar surface area (TPSA) is 3.24 Å². The van der Waals surface area contributed by atoms with Crippen molar-refractivity contribution in [3.05, 3.63) is 292 Å². The van der Waals surface area contributed by atoms with Crippen LogP contribution in [0, 0.1) is 0 Å². The maximum absolute atomic E-state index is 2.51. The third kappa shape index (κ3) is 4.79. The highest BCUT2D eigenvalue weighted by Crippen LogP contribution is 2.66. The normalized spacial score (nSPS) is 18.1. The molecule has 0 saturated heterocycles. The highest BCUT2D eigenvalue weighted by Gasteiger charge is 2.57. The molecule has 302 valence electrons. The van der Waals surface area contributed by atoms with Crippen LogP contribution in [-0.2, 0) is 16.2 Å². The summed E-state index contributed by atoms with van der Waals surface area (Å²) in [5, 5.41) is 2.43. The molecule has 2 unspecified atom stereocenters. The Morgan fingerprint density at radius 3 is 1.58 bits per heavy atom. The molecule has 3 aliphatic rings. The van der Waals surface area contributed by atoms with Crippen LogP contribution in [0.2, 0.25) is 0 Å².